The quantitative estimate of drug-likeness (QED) is 0.0491. The first kappa shape index (κ1) is 32.5. The first-order valence-corrected chi connectivity index (χ1v) is 17.9. The number of hydrogen-bond donors (Lipinski definition) is 6. The van der Waals surface area contributed by atoms with Crippen LogP contribution < -0.4 is 39.4 Å². The van der Waals surface area contributed by atoms with Crippen molar-refractivity contribution in [3.8, 4) is 11.5 Å². The van der Waals surface area contributed by atoms with Crippen molar-refractivity contribution in [3.63, 3.8) is 0 Å². The number of aromatic hydroxyl groups is 2. The monoisotopic (exact) mass is 747 g/mol. The average molecular weight is 748 g/mol. The molecule has 12 nitrogen and oxygen atoms in total. The molecule has 246 valence electrons. The van der Waals surface area contributed by atoms with E-state index < -0.39 is 0 Å². The Bertz CT molecular complexity index is 1820. The zero-order chi connectivity index (χ0) is 32.6. The number of imidazole rings is 2. The topological polar surface area (TPSA) is 150 Å². The van der Waals surface area contributed by atoms with Crippen molar-refractivity contribution in [1.29, 1.82) is 0 Å². The van der Waals surface area contributed by atoms with Gasteiger partial charge in [0.15, 0.2) is 0 Å². The number of hydrogen-bond acceptors (Lipinski definition) is 10. The number of halogens is 1. The van der Waals surface area contributed by atoms with E-state index in [1.807, 2.05) is 74.5 Å². The molecule has 0 atom stereocenters. The Kier molecular flexibility index (Phi) is 10.6. The van der Waals surface area contributed by atoms with Crippen LogP contribution in [0.4, 0.5) is 11.9 Å². The van der Waals surface area contributed by atoms with E-state index in [2.05, 4.69) is 36.8 Å². The average Bonchev–Trinajstić information content (AvgIpc) is 3.60. The molecular formula is C34H40IN10O2-. The Morgan fingerprint density at radius 1 is 0.574 bits per heavy atom. The zero-order valence-corrected chi connectivity index (χ0v) is 28.7. The van der Waals surface area contributed by atoms with Gasteiger partial charge in [0.25, 0.3) is 0 Å². The minimum atomic E-state index is -0.319. The van der Waals surface area contributed by atoms with Gasteiger partial charge in [-0.05, 0) is 0 Å². The first-order valence-electron chi connectivity index (χ1n) is 15.7. The van der Waals surface area contributed by atoms with Crippen LogP contribution in [0, 0.1) is 13.8 Å². The van der Waals surface area contributed by atoms with Gasteiger partial charge in [0, 0.05) is 0 Å². The molecule has 0 aliphatic rings. The van der Waals surface area contributed by atoms with Gasteiger partial charge in [-0.2, -0.15) is 0 Å². The second kappa shape index (κ2) is 15.4. The van der Waals surface area contributed by atoms with Crippen LogP contribution in [-0.2, 0) is 13.1 Å². The van der Waals surface area contributed by atoms with Crippen LogP contribution >= 0.6 is 0 Å². The summed E-state index contributed by atoms with van der Waals surface area (Å²) in [6.45, 7) is 8.06. The fraction of sp³-hybridized carbons (Fsp3) is 0.294. The van der Waals surface area contributed by atoms with Gasteiger partial charge in [-0.1, -0.05) is 0 Å². The van der Waals surface area contributed by atoms with E-state index in [-0.39, 0.29) is 33.3 Å². The second-order valence-corrected chi connectivity index (χ2v) is 13.3. The zero-order valence-electron chi connectivity index (χ0n) is 26.5. The van der Waals surface area contributed by atoms with E-state index in [0.29, 0.717) is 24.5 Å². The van der Waals surface area contributed by atoms with Gasteiger partial charge in [0.05, 0.1) is 0 Å². The Labute approximate surface area is 284 Å². The number of nitrogens with one attached hydrogen (secondary N) is 4. The molecule has 0 unspecified atom stereocenters. The molecule has 0 saturated carbocycles. The van der Waals surface area contributed by atoms with Crippen molar-refractivity contribution in [2.45, 2.75) is 39.8 Å². The number of aryl methyl sites for hydroxylation is 2. The maximum atomic E-state index is 10.4. The van der Waals surface area contributed by atoms with Crippen molar-refractivity contribution in [3.05, 3.63) is 95.6 Å². The van der Waals surface area contributed by atoms with Gasteiger partial charge in [0.2, 0.25) is 0 Å². The van der Waals surface area contributed by atoms with Gasteiger partial charge in [-0.15, -0.1) is 0 Å². The third-order valence-corrected chi connectivity index (χ3v) is 9.54. The molecule has 0 amide bonds. The summed E-state index contributed by atoms with van der Waals surface area (Å²) in [5.41, 5.74) is 6.80. The minimum absolute atomic E-state index is 0.187. The Balaban J connectivity index is 0.923. The van der Waals surface area contributed by atoms with Crippen LogP contribution in [0.1, 0.15) is 35.6 Å². The molecule has 4 aromatic heterocycles. The van der Waals surface area contributed by atoms with E-state index in [1.165, 1.54) is 0 Å². The normalized spacial score (nSPS) is 11.5. The predicted molar refractivity (Wildman–Crippen MR) is 181 cm³/mol. The molecule has 0 bridgehead atoms. The van der Waals surface area contributed by atoms with Crippen LogP contribution in [0.2, 0.25) is 0 Å². The SMILES string of the molecule is Cc1ccc(O)c(Cn2c(NCCCN[I-]NCCCNc3nc4ccccc4n3Cc3nc(C)ccc3O)nc3ccccc32)n1. The summed E-state index contributed by atoms with van der Waals surface area (Å²) in [4.78, 5) is 18.7. The summed E-state index contributed by atoms with van der Waals surface area (Å²) in [6, 6.07) is 23.0. The number of benzene rings is 2. The molecule has 6 aromatic rings. The molecule has 2 aromatic carbocycles. The Morgan fingerprint density at radius 3 is 1.49 bits per heavy atom. The summed E-state index contributed by atoms with van der Waals surface area (Å²) in [5.74, 6) is 1.92. The fourth-order valence-corrected chi connectivity index (χ4v) is 6.90. The van der Waals surface area contributed by atoms with Crippen molar-refractivity contribution in [2.24, 2.45) is 0 Å². The number of fused-ring (bicyclic) bond motifs is 2. The summed E-state index contributed by atoms with van der Waals surface area (Å²) >= 11 is -0.319. The van der Waals surface area contributed by atoms with Gasteiger partial charge >= 0.3 is 286 Å². The van der Waals surface area contributed by atoms with Crippen molar-refractivity contribution in [2.75, 3.05) is 36.8 Å². The second-order valence-electron chi connectivity index (χ2n) is 11.3. The Hall–Kier alpha value is -4.47. The summed E-state index contributed by atoms with van der Waals surface area (Å²) in [7, 11) is 0. The molecule has 0 fully saturated rings. The molecule has 47 heavy (non-hydrogen) atoms. The molecule has 6 N–H and O–H groups in total. The van der Waals surface area contributed by atoms with Gasteiger partial charge in [-0.3, -0.25) is 0 Å². The van der Waals surface area contributed by atoms with E-state index in [4.69, 9.17) is 9.97 Å². The summed E-state index contributed by atoms with van der Waals surface area (Å²) in [6.07, 6.45) is 1.89. The van der Waals surface area contributed by atoms with Gasteiger partial charge in [-0.25, -0.2) is 0 Å². The van der Waals surface area contributed by atoms with Crippen molar-refractivity contribution in [1.82, 2.24) is 36.1 Å². The van der Waals surface area contributed by atoms with Crippen LogP contribution in [0.15, 0.2) is 72.8 Å². The van der Waals surface area contributed by atoms with Crippen LogP contribution in [0.3, 0.4) is 0 Å². The van der Waals surface area contributed by atoms with Crippen molar-refractivity contribution >= 4 is 34.0 Å². The van der Waals surface area contributed by atoms with Crippen LogP contribution in [-0.4, -0.2) is 65.5 Å². The number of para-hydroxylation sites is 4. The molecule has 0 radical (unpaired) electrons. The number of anilines is 2. The third-order valence-electron chi connectivity index (χ3n) is 7.70. The molecule has 0 saturated heterocycles. The molecule has 13 heteroatoms. The standard InChI is InChI=1S/C34H40IN10O2/c1-23-13-15-31(46)27(40-23)21-44-29-11-5-3-9-25(29)42-33(44)36-17-7-19-38-35-39-20-8-18-37-34-43-26-10-4-6-12-30(26)45(34)22-28-32(47)16-14-24(2)41-28/h3-6,9-16,38-39,46-47H,7-8,17-22H2,1-2H3,(H,36,42)(H,37,43)/q-1. The summed E-state index contributed by atoms with van der Waals surface area (Å²) in [5, 5.41) is 27.7. The number of nitrogens with zero attached hydrogens (tertiary/aromatic N) is 6. The van der Waals surface area contributed by atoms with Crippen LogP contribution in [0.25, 0.3) is 22.1 Å². The maximum absolute atomic E-state index is 10.4. The number of aromatic nitrogens is 6. The molecular weight excluding hydrogens is 707 g/mol. The molecule has 4 heterocycles. The summed E-state index contributed by atoms with van der Waals surface area (Å²) < 4.78 is 11.3. The van der Waals surface area contributed by atoms with Crippen molar-refractivity contribution < 1.29 is 32.0 Å². The number of rotatable bonds is 16. The number of pyridine rings is 2. The van der Waals surface area contributed by atoms with E-state index in [1.54, 1.807) is 12.1 Å². The predicted octanol–water partition coefficient (Wildman–Crippen LogP) is 1.70. The Morgan fingerprint density at radius 2 is 1.02 bits per heavy atom. The van der Waals surface area contributed by atoms with E-state index >= 15 is 0 Å². The molecule has 6 rings (SSSR count). The van der Waals surface area contributed by atoms with Crippen LogP contribution in [0.5, 0.6) is 11.5 Å². The van der Waals surface area contributed by atoms with E-state index in [9.17, 15) is 10.2 Å². The third kappa shape index (κ3) is 8.10. The fourth-order valence-electron chi connectivity index (χ4n) is 5.33. The molecule has 0 spiro atoms. The van der Waals surface area contributed by atoms with E-state index in [0.717, 1.165) is 84.4 Å². The molecule has 0 aliphatic carbocycles. The molecule has 0 aliphatic heterocycles. The van der Waals surface area contributed by atoms with Gasteiger partial charge in [0.1, 0.15) is 0 Å². The first-order chi connectivity index (χ1) is 23.0. The van der Waals surface area contributed by atoms with Gasteiger partial charge < -0.3 is 0 Å².